The van der Waals surface area contributed by atoms with E-state index in [-0.39, 0.29) is 5.56 Å². The van der Waals surface area contributed by atoms with Crippen molar-refractivity contribution >= 4 is 22.4 Å². The van der Waals surface area contributed by atoms with E-state index in [1.165, 1.54) is 11.3 Å². The summed E-state index contributed by atoms with van der Waals surface area (Å²) in [4.78, 5) is 15.2. The third-order valence-corrected chi connectivity index (χ3v) is 3.82. The average Bonchev–Trinajstić information content (AvgIpc) is 2.94. The molecule has 0 unspecified atom stereocenters. The third kappa shape index (κ3) is 2.78. The highest BCUT2D eigenvalue weighted by Crippen LogP contribution is 2.27. The molecule has 0 saturated carbocycles. The number of nitrogens with zero attached hydrogens (tertiary/aromatic N) is 1. The Bertz CT molecular complexity index is 794. The van der Waals surface area contributed by atoms with E-state index in [9.17, 15) is 4.79 Å². The van der Waals surface area contributed by atoms with Gasteiger partial charge in [-0.25, -0.2) is 9.78 Å². The molecule has 0 radical (unpaired) electrons. The highest BCUT2D eigenvalue weighted by molar-refractivity contribution is 7.13. The number of carboxylic acid groups (broad SMARTS) is 1. The molecular formula is C16H12N2O2S. The van der Waals surface area contributed by atoms with Gasteiger partial charge in [0.15, 0.2) is 5.13 Å². The van der Waals surface area contributed by atoms with E-state index in [4.69, 9.17) is 10.8 Å². The molecule has 0 atom stereocenters. The lowest BCUT2D eigenvalue weighted by Gasteiger charge is -2.04. The second-order valence-corrected chi connectivity index (χ2v) is 5.42. The Balaban J connectivity index is 1.94. The topological polar surface area (TPSA) is 76.2 Å². The minimum atomic E-state index is -0.925. The van der Waals surface area contributed by atoms with Crippen LogP contribution in [0.5, 0.6) is 0 Å². The van der Waals surface area contributed by atoms with Crippen LogP contribution in [-0.4, -0.2) is 16.1 Å². The number of carboxylic acids is 1. The van der Waals surface area contributed by atoms with Gasteiger partial charge in [0.05, 0.1) is 11.3 Å². The lowest BCUT2D eigenvalue weighted by atomic mass is 10.0. The van der Waals surface area contributed by atoms with Crippen molar-refractivity contribution in [2.75, 3.05) is 5.73 Å². The number of rotatable bonds is 3. The summed E-state index contributed by atoms with van der Waals surface area (Å²) in [6.45, 7) is 0. The Hall–Kier alpha value is -2.66. The van der Waals surface area contributed by atoms with E-state index in [0.29, 0.717) is 5.13 Å². The molecule has 0 spiro atoms. The van der Waals surface area contributed by atoms with Crippen LogP contribution in [-0.2, 0) is 0 Å². The third-order valence-electron chi connectivity index (χ3n) is 3.15. The van der Waals surface area contributed by atoms with E-state index in [1.807, 2.05) is 35.7 Å². The molecule has 3 N–H and O–H groups in total. The van der Waals surface area contributed by atoms with Crippen molar-refractivity contribution < 1.29 is 9.90 Å². The Morgan fingerprint density at radius 1 is 1.05 bits per heavy atom. The summed E-state index contributed by atoms with van der Waals surface area (Å²) in [6, 6.07) is 14.7. The van der Waals surface area contributed by atoms with Gasteiger partial charge in [-0.3, -0.25) is 0 Å². The van der Waals surface area contributed by atoms with E-state index >= 15 is 0 Å². The Morgan fingerprint density at radius 2 is 1.76 bits per heavy atom. The van der Waals surface area contributed by atoms with E-state index in [1.54, 1.807) is 18.2 Å². The molecule has 0 fully saturated rings. The molecule has 2 aromatic carbocycles. The van der Waals surface area contributed by atoms with Crippen molar-refractivity contribution in [1.82, 2.24) is 4.98 Å². The van der Waals surface area contributed by atoms with Crippen LogP contribution in [0.2, 0.25) is 0 Å². The maximum absolute atomic E-state index is 11.0. The maximum atomic E-state index is 11.0. The first-order valence-corrected chi connectivity index (χ1v) is 7.16. The lowest BCUT2D eigenvalue weighted by molar-refractivity contribution is 0.0697. The van der Waals surface area contributed by atoms with E-state index < -0.39 is 5.97 Å². The molecule has 3 aromatic rings. The molecule has 5 heteroatoms. The summed E-state index contributed by atoms with van der Waals surface area (Å²) in [6.07, 6.45) is 0. The van der Waals surface area contributed by atoms with Crippen molar-refractivity contribution in [3.8, 4) is 22.4 Å². The van der Waals surface area contributed by atoms with Crippen LogP contribution in [0.1, 0.15) is 10.4 Å². The zero-order valence-corrected chi connectivity index (χ0v) is 11.8. The van der Waals surface area contributed by atoms with Gasteiger partial charge in [-0.1, -0.05) is 36.4 Å². The highest BCUT2D eigenvalue weighted by Gasteiger charge is 2.06. The number of anilines is 1. The monoisotopic (exact) mass is 296 g/mol. The molecule has 1 heterocycles. The molecule has 0 bridgehead atoms. The van der Waals surface area contributed by atoms with Crippen LogP contribution >= 0.6 is 11.3 Å². The average molecular weight is 296 g/mol. The summed E-state index contributed by atoms with van der Waals surface area (Å²) in [5.74, 6) is -0.925. The highest BCUT2D eigenvalue weighted by atomic mass is 32.1. The van der Waals surface area contributed by atoms with E-state index in [0.717, 1.165) is 22.4 Å². The quantitative estimate of drug-likeness (QED) is 0.771. The maximum Gasteiger partial charge on any atom is 0.335 e. The molecule has 4 nitrogen and oxygen atoms in total. The summed E-state index contributed by atoms with van der Waals surface area (Å²) >= 11 is 1.41. The van der Waals surface area contributed by atoms with Crippen LogP contribution < -0.4 is 5.73 Å². The standard InChI is InChI=1S/C16H12N2O2S/c17-16-18-14(9-21-16)11-6-4-10(5-7-11)12-2-1-3-13(8-12)15(19)20/h1-9H,(H2,17,18)(H,19,20). The fourth-order valence-corrected chi connectivity index (χ4v) is 2.66. The molecule has 0 saturated heterocycles. The molecule has 3 rings (SSSR count). The first-order valence-electron chi connectivity index (χ1n) is 6.28. The molecule has 104 valence electrons. The van der Waals surface area contributed by atoms with Gasteiger partial charge in [0.2, 0.25) is 0 Å². The smallest absolute Gasteiger partial charge is 0.335 e. The molecule has 0 aliphatic heterocycles. The van der Waals surface area contributed by atoms with Gasteiger partial charge < -0.3 is 10.8 Å². The van der Waals surface area contributed by atoms with Crippen LogP contribution in [0.15, 0.2) is 53.9 Å². The van der Waals surface area contributed by atoms with Crippen LogP contribution in [0.25, 0.3) is 22.4 Å². The van der Waals surface area contributed by atoms with Gasteiger partial charge in [0.25, 0.3) is 0 Å². The Kier molecular flexibility index (Phi) is 3.41. The summed E-state index contributed by atoms with van der Waals surface area (Å²) in [5.41, 5.74) is 9.59. The number of benzene rings is 2. The minimum absolute atomic E-state index is 0.281. The van der Waals surface area contributed by atoms with Gasteiger partial charge >= 0.3 is 5.97 Å². The zero-order valence-electron chi connectivity index (χ0n) is 11.0. The number of thiazole rings is 1. The largest absolute Gasteiger partial charge is 0.478 e. The number of nitrogen functional groups attached to an aromatic ring is 1. The van der Waals surface area contributed by atoms with Crippen LogP contribution in [0.3, 0.4) is 0 Å². The Morgan fingerprint density at radius 3 is 2.38 bits per heavy atom. The van der Waals surface area contributed by atoms with Crippen molar-refractivity contribution in [3.63, 3.8) is 0 Å². The van der Waals surface area contributed by atoms with Crippen molar-refractivity contribution in [1.29, 1.82) is 0 Å². The minimum Gasteiger partial charge on any atom is -0.478 e. The summed E-state index contributed by atoms with van der Waals surface area (Å²) in [7, 11) is 0. The van der Waals surface area contributed by atoms with Crippen LogP contribution in [0.4, 0.5) is 5.13 Å². The van der Waals surface area contributed by atoms with Crippen molar-refractivity contribution in [3.05, 3.63) is 59.5 Å². The van der Waals surface area contributed by atoms with Gasteiger partial charge in [-0.05, 0) is 23.3 Å². The summed E-state index contributed by atoms with van der Waals surface area (Å²) < 4.78 is 0. The predicted octanol–water partition coefficient (Wildman–Crippen LogP) is 3.76. The van der Waals surface area contributed by atoms with Gasteiger partial charge in [-0.15, -0.1) is 11.3 Å². The van der Waals surface area contributed by atoms with Gasteiger partial charge in [0.1, 0.15) is 0 Å². The fraction of sp³-hybridized carbons (Fsp3) is 0. The number of aromatic carboxylic acids is 1. The fourth-order valence-electron chi connectivity index (χ4n) is 2.09. The zero-order chi connectivity index (χ0) is 14.8. The molecule has 0 aliphatic rings. The molecule has 0 amide bonds. The number of hydrogen-bond donors (Lipinski definition) is 2. The van der Waals surface area contributed by atoms with Crippen molar-refractivity contribution in [2.45, 2.75) is 0 Å². The molecular weight excluding hydrogens is 284 g/mol. The summed E-state index contributed by atoms with van der Waals surface area (Å²) in [5, 5.41) is 11.5. The Labute approximate surface area is 125 Å². The number of hydrogen-bond acceptors (Lipinski definition) is 4. The molecule has 21 heavy (non-hydrogen) atoms. The molecule has 1 aromatic heterocycles. The lowest BCUT2D eigenvalue weighted by Crippen LogP contribution is -1.95. The van der Waals surface area contributed by atoms with Gasteiger partial charge in [-0.2, -0.15) is 0 Å². The normalized spacial score (nSPS) is 10.5. The molecule has 0 aliphatic carbocycles. The predicted molar refractivity (Wildman–Crippen MR) is 84.4 cm³/mol. The van der Waals surface area contributed by atoms with E-state index in [2.05, 4.69) is 4.98 Å². The number of nitrogens with two attached hydrogens (primary N) is 1. The SMILES string of the molecule is Nc1nc(-c2ccc(-c3cccc(C(=O)O)c3)cc2)cs1. The number of aromatic nitrogens is 1. The number of carbonyl (C=O) groups is 1. The van der Waals surface area contributed by atoms with Crippen molar-refractivity contribution in [2.24, 2.45) is 0 Å². The second-order valence-electron chi connectivity index (χ2n) is 4.53. The first-order chi connectivity index (χ1) is 10.1. The van der Waals surface area contributed by atoms with Crippen LogP contribution in [0, 0.1) is 0 Å². The van der Waals surface area contributed by atoms with Gasteiger partial charge in [0, 0.05) is 10.9 Å². The first kappa shape index (κ1) is 13.3. The second kappa shape index (κ2) is 5.38.